The van der Waals surface area contributed by atoms with Gasteiger partial charge < -0.3 is 5.73 Å². The van der Waals surface area contributed by atoms with Gasteiger partial charge in [-0.3, -0.25) is 0 Å². The first kappa shape index (κ1) is 12.3. The lowest BCUT2D eigenvalue weighted by Gasteiger charge is -2.06. The molecule has 0 aliphatic rings. The first-order valence-corrected chi connectivity index (χ1v) is 6.75. The van der Waals surface area contributed by atoms with Crippen molar-refractivity contribution in [2.45, 2.75) is 17.6 Å². The van der Waals surface area contributed by atoms with E-state index in [1.165, 1.54) is 10.5 Å². The zero-order chi connectivity index (χ0) is 12.3. The molecule has 0 saturated heterocycles. The Morgan fingerprint density at radius 1 is 1.18 bits per heavy atom. The molecule has 0 saturated carbocycles. The lowest BCUT2D eigenvalue weighted by Crippen LogP contribution is -1.88. The lowest BCUT2D eigenvalue weighted by atomic mass is 10.2. The second kappa shape index (κ2) is 5.48. The highest BCUT2D eigenvalue weighted by molar-refractivity contribution is 7.98. The van der Waals surface area contributed by atoms with Crippen LogP contribution in [0.1, 0.15) is 11.1 Å². The van der Waals surface area contributed by atoms with Crippen LogP contribution in [0, 0.1) is 6.92 Å². The molecule has 0 bridgehead atoms. The van der Waals surface area contributed by atoms with E-state index in [2.05, 4.69) is 31.2 Å². The number of thioether (sulfide) groups is 1. The van der Waals surface area contributed by atoms with Crippen LogP contribution in [0.15, 0.2) is 47.4 Å². The molecule has 1 nitrogen and oxygen atoms in total. The van der Waals surface area contributed by atoms with Crippen molar-refractivity contribution in [2.24, 2.45) is 0 Å². The lowest BCUT2D eigenvalue weighted by molar-refractivity contribution is 1.34. The summed E-state index contributed by atoms with van der Waals surface area (Å²) in [4.78, 5) is 1.26. The highest BCUT2D eigenvalue weighted by Gasteiger charge is 2.02. The van der Waals surface area contributed by atoms with Crippen molar-refractivity contribution < 1.29 is 0 Å². The monoisotopic (exact) mass is 263 g/mol. The average molecular weight is 264 g/mol. The van der Waals surface area contributed by atoms with E-state index in [0.717, 1.165) is 16.3 Å². The third-order valence-electron chi connectivity index (χ3n) is 2.46. The van der Waals surface area contributed by atoms with E-state index in [4.69, 9.17) is 17.3 Å². The summed E-state index contributed by atoms with van der Waals surface area (Å²) in [7, 11) is 0. The van der Waals surface area contributed by atoms with Crippen LogP contribution in [0.2, 0.25) is 5.02 Å². The van der Waals surface area contributed by atoms with Crippen molar-refractivity contribution in [3.8, 4) is 0 Å². The van der Waals surface area contributed by atoms with Gasteiger partial charge in [-0.05, 0) is 36.8 Å². The van der Waals surface area contributed by atoms with Crippen molar-refractivity contribution in [2.75, 3.05) is 5.73 Å². The van der Waals surface area contributed by atoms with Gasteiger partial charge in [0.15, 0.2) is 0 Å². The van der Waals surface area contributed by atoms with E-state index < -0.39 is 0 Å². The molecule has 2 N–H and O–H groups in total. The number of rotatable bonds is 3. The summed E-state index contributed by atoms with van der Waals surface area (Å²) in [5.41, 5.74) is 8.77. The third-order valence-corrected chi connectivity index (χ3v) is 3.86. The van der Waals surface area contributed by atoms with Crippen LogP contribution in [-0.2, 0) is 5.75 Å². The molecule has 88 valence electrons. The molecule has 0 aliphatic carbocycles. The van der Waals surface area contributed by atoms with Gasteiger partial charge in [0.25, 0.3) is 0 Å². The number of aryl methyl sites for hydroxylation is 1. The summed E-state index contributed by atoms with van der Waals surface area (Å²) in [6.07, 6.45) is 0. The number of anilines is 1. The predicted molar refractivity (Wildman–Crippen MR) is 76.6 cm³/mol. The third kappa shape index (κ3) is 3.42. The summed E-state index contributed by atoms with van der Waals surface area (Å²) in [6, 6.07) is 14.1. The molecule has 0 radical (unpaired) electrons. The minimum Gasteiger partial charge on any atom is -0.399 e. The van der Waals surface area contributed by atoms with Crippen LogP contribution >= 0.6 is 23.4 Å². The average Bonchev–Trinajstić information content (AvgIpc) is 2.28. The molecule has 0 aromatic heterocycles. The van der Waals surface area contributed by atoms with Crippen LogP contribution in [-0.4, -0.2) is 0 Å². The van der Waals surface area contributed by atoms with Crippen LogP contribution in [0.5, 0.6) is 0 Å². The Labute approximate surface area is 111 Å². The molecule has 17 heavy (non-hydrogen) atoms. The van der Waals surface area contributed by atoms with Crippen molar-refractivity contribution in [3.63, 3.8) is 0 Å². The molecule has 0 unspecified atom stereocenters. The van der Waals surface area contributed by atoms with E-state index in [9.17, 15) is 0 Å². The first-order valence-electron chi connectivity index (χ1n) is 5.38. The molecule has 0 atom stereocenters. The molecule has 2 aromatic carbocycles. The molecule has 0 amide bonds. The Hall–Kier alpha value is -1.12. The Morgan fingerprint density at radius 2 is 2.00 bits per heavy atom. The van der Waals surface area contributed by atoms with Gasteiger partial charge >= 0.3 is 0 Å². The molecular formula is C14H14ClNS. The Balaban J connectivity index is 2.07. The fourth-order valence-electron chi connectivity index (χ4n) is 1.55. The van der Waals surface area contributed by atoms with E-state index >= 15 is 0 Å². The number of hydrogen-bond acceptors (Lipinski definition) is 2. The Kier molecular flexibility index (Phi) is 3.97. The van der Waals surface area contributed by atoms with Crippen molar-refractivity contribution >= 4 is 29.1 Å². The van der Waals surface area contributed by atoms with Gasteiger partial charge in [-0.1, -0.05) is 35.4 Å². The normalized spacial score (nSPS) is 10.5. The van der Waals surface area contributed by atoms with E-state index in [-0.39, 0.29) is 0 Å². The van der Waals surface area contributed by atoms with Gasteiger partial charge in [0.1, 0.15) is 0 Å². The molecule has 0 heterocycles. The summed E-state index contributed by atoms with van der Waals surface area (Å²) >= 11 is 7.92. The topological polar surface area (TPSA) is 26.0 Å². The van der Waals surface area contributed by atoms with Crippen LogP contribution in [0.3, 0.4) is 0 Å². The molecule has 2 rings (SSSR count). The number of nitrogen functional groups attached to an aromatic ring is 1. The van der Waals surface area contributed by atoms with Crippen LogP contribution in [0.4, 0.5) is 5.69 Å². The van der Waals surface area contributed by atoms with Gasteiger partial charge in [-0.15, -0.1) is 11.8 Å². The maximum Gasteiger partial charge on any atom is 0.0466 e. The maximum atomic E-state index is 6.13. The molecule has 2 aromatic rings. The number of benzene rings is 2. The second-order valence-corrected chi connectivity index (χ2v) is 5.41. The summed E-state index contributed by atoms with van der Waals surface area (Å²) in [5, 5.41) is 0.741. The minimum absolute atomic E-state index is 0.708. The minimum atomic E-state index is 0.708. The SMILES string of the molecule is Cc1cccc(SCc2ccc(N)cc2Cl)c1. The van der Waals surface area contributed by atoms with E-state index in [0.29, 0.717) is 5.69 Å². The van der Waals surface area contributed by atoms with Gasteiger partial charge in [-0.2, -0.15) is 0 Å². The van der Waals surface area contributed by atoms with Crippen molar-refractivity contribution in [1.82, 2.24) is 0 Å². The summed E-state index contributed by atoms with van der Waals surface area (Å²) in [5.74, 6) is 0.864. The summed E-state index contributed by atoms with van der Waals surface area (Å²) < 4.78 is 0. The molecule has 0 aliphatic heterocycles. The number of nitrogens with two attached hydrogens (primary N) is 1. The Bertz CT molecular complexity index is 525. The van der Waals surface area contributed by atoms with Gasteiger partial charge in [0.2, 0.25) is 0 Å². The maximum absolute atomic E-state index is 6.13. The fraction of sp³-hybridized carbons (Fsp3) is 0.143. The smallest absolute Gasteiger partial charge is 0.0466 e. The fourth-order valence-corrected chi connectivity index (χ4v) is 2.90. The molecule has 0 fully saturated rings. The molecular weight excluding hydrogens is 250 g/mol. The quantitative estimate of drug-likeness (QED) is 0.651. The number of halogens is 1. The van der Waals surface area contributed by atoms with Gasteiger partial charge in [0, 0.05) is 21.4 Å². The summed E-state index contributed by atoms with van der Waals surface area (Å²) in [6.45, 7) is 2.10. The predicted octanol–water partition coefficient (Wildman–Crippen LogP) is 4.52. The highest BCUT2D eigenvalue weighted by atomic mass is 35.5. The van der Waals surface area contributed by atoms with Crippen LogP contribution in [0.25, 0.3) is 0 Å². The zero-order valence-corrected chi connectivity index (χ0v) is 11.2. The first-order chi connectivity index (χ1) is 8.15. The number of hydrogen-bond donors (Lipinski definition) is 1. The highest BCUT2D eigenvalue weighted by Crippen LogP contribution is 2.28. The van der Waals surface area contributed by atoms with Crippen molar-refractivity contribution in [1.29, 1.82) is 0 Å². The van der Waals surface area contributed by atoms with Crippen molar-refractivity contribution in [3.05, 3.63) is 58.6 Å². The Morgan fingerprint density at radius 3 is 2.71 bits per heavy atom. The standard InChI is InChI=1S/C14H14ClNS/c1-10-3-2-4-13(7-10)17-9-11-5-6-12(16)8-14(11)15/h2-8H,9,16H2,1H3. The molecule has 0 spiro atoms. The molecule has 3 heteroatoms. The largest absolute Gasteiger partial charge is 0.399 e. The van der Waals surface area contributed by atoms with E-state index in [1.807, 2.05) is 12.1 Å². The second-order valence-electron chi connectivity index (χ2n) is 3.96. The van der Waals surface area contributed by atoms with Gasteiger partial charge in [0.05, 0.1) is 0 Å². The van der Waals surface area contributed by atoms with Gasteiger partial charge in [-0.25, -0.2) is 0 Å². The van der Waals surface area contributed by atoms with Crippen LogP contribution < -0.4 is 5.73 Å². The van der Waals surface area contributed by atoms with E-state index in [1.54, 1.807) is 17.8 Å². The zero-order valence-electron chi connectivity index (χ0n) is 9.61.